The minimum atomic E-state index is -0.138. The number of aromatic nitrogens is 4. The Bertz CT molecular complexity index is 1370. The number of nitrogens with zero attached hydrogens (tertiary/aromatic N) is 4. The van der Waals surface area contributed by atoms with Gasteiger partial charge < -0.3 is 19.9 Å². The summed E-state index contributed by atoms with van der Waals surface area (Å²) in [5.41, 5.74) is 4.41. The lowest BCUT2D eigenvalue weighted by Crippen LogP contribution is -2.18. The fourth-order valence-corrected chi connectivity index (χ4v) is 4.33. The van der Waals surface area contributed by atoms with Gasteiger partial charge in [0.1, 0.15) is 23.5 Å². The van der Waals surface area contributed by atoms with Crippen LogP contribution in [0, 0.1) is 5.92 Å². The quantitative estimate of drug-likeness (QED) is 0.346. The van der Waals surface area contributed by atoms with Crippen LogP contribution < -0.4 is 15.4 Å². The Balaban J connectivity index is 0.00000304. The van der Waals surface area contributed by atoms with Gasteiger partial charge in [0.15, 0.2) is 0 Å². The second kappa shape index (κ2) is 11.0. The smallest absolute Gasteiger partial charge is 0.251 e. The third-order valence-corrected chi connectivity index (χ3v) is 6.56. The minimum absolute atomic E-state index is 0. The molecule has 36 heavy (non-hydrogen) atoms. The topological polar surface area (TPSA) is 94.0 Å². The number of anilines is 1. The normalized spacial score (nSPS) is 13.6. The van der Waals surface area contributed by atoms with Crippen molar-refractivity contribution >= 4 is 36.3 Å². The zero-order valence-corrected chi connectivity index (χ0v) is 21.8. The van der Waals surface area contributed by atoms with E-state index < -0.39 is 0 Å². The van der Waals surface area contributed by atoms with Crippen molar-refractivity contribution in [3.63, 3.8) is 0 Å². The number of benzene rings is 1. The van der Waals surface area contributed by atoms with Gasteiger partial charge in [-0.05, 0) is 48.6 Å². The number of hydrogen-bond acceptors (Lipinski definition) is 6. The van der Waals surface area contributed by atoms with Crippen LogP contribution in [0.3, 0.4) is 0 Å². The lowest BCUT2D eigenvalue weighted by atomic mass is 9.98. The molecule has 0 saturated heterocycles. The summed E-state index contributed by atoms with van der Waals surface area (Å²) >= 11 is 0. The lowest BCUT2D eigenvalue weighted by Gasteiger charge is -2.17. The van der Waals surface area contributed by atoms with Crippen molar-refractivity contribution in [2.24, 2.45) is 5.92 Å². The number of amides is 1. The van der Waals surface area contributed by atoms with Gasteiger partial charge in [-0.1, -0.05) is 13.0 Å². The summed E-state index contributed by atoms with van der Waals surface area (Å²) in [7, 11) is 3.24. The van der Waals surface area contributed by atoms with Crippen LogP contribution in [-0.2, 0) is 6.54 Å². The van der Waals surface area contributed by atoms with Crippen molar-refractivity contribution in [3.05, 3.63) is 66.2 Å². The van der Waals surface area contributed by atoms with Crippen molar-refractivity contribution < 1.29 is 9.53 Å². The van der Waals surface area contributed by atoms with Crippen LogP contribution in [0.4, 0.5) is 5.82 Å². The van der Waals surface area contributed by atoms with E-state index >= 15 is 0 Å². The molecule has 3 aromatic heterocycles. The molecule has 188 valence electrons. The molecule has 0 spiro atoms. The summed E-state index contributed by atoms with van der Waals surface area (Å²) < 4.78 is 7.80. The molecule has 1 atom stereocenters. The first-order valence-corrected chi connectivity index (χ1v) is 12.0. The van der Waals surface area contributed by atoms with E-state index in [1.807, 2.05) is 24.4 Å². The van der Waals surface area contributed by atoms with E-state index in [0.717, 1.165) is 46.1 Å². The molecule has 2 N–H and O–H groups in total. The van der Waals surface area contributed by atoms with Crippen LogP contribution in [0.25, 0.3) is 22.3 Å². The second-order valence-corrected chi connectivity index (χ2v) is 9.15. The highest BCUT2D eigenvalue weighted by Gasteiger charge is 2.22. The fourth-order valence-electron chi connectivity index (χ4n) is 4.33. The average Bonchev–Trinajstić information content (AvgIpc) is 3.64. The van der Waals surface area contributed by atoms with E-state index in [9.17, 15) is 4.79 Å². The number of hydrogen-bond donors (Lipinski definition) is 2. The van der Waals surface area contributed by atoms with Gasteiger partial charge in [-0.3, -0.25) is 4.79 Å². The first-order chi connectivity index (χ1) is 17.1. The van der Waals surface area contributed by atoms with Crippen molar-refractivity contribution in [2.45, 2.75) is 32.2 Å². The predicted molar refractivity (Wildman–Crippen MR) is 147 cm³/mol. The SMILES string of the molecule is CNC(=O)c1ccc([C@H](C)CNc2cc(-c3cnc4c(ccn4CC4CC4)c3)ncn2)c(OC)c1.S. The molecule has 3 heterocycles. The van der Waals surface area contributed by atoms with Crippen molar-refractivity contribution in [1.82, 2.24) is 24.8 Å². The van der Waals surface area contributed by atoms with Gasteiger partial charge in [0.25, 0.3) is 5.91 Å². The molecule has 1 fully saturated rings. The largest absolute Gasteiger partial charge is 0.496 e. The van der Waals surface area contributed by atoms with Gasteiger partial charge in [-0.2, -0.15) is 13.5 Å². The molecule has 0 bridgehead atoms. The number of carbonyl (C=O) groups excluding carboxylic acids is 1. The van der Waals surface area contributed by atoms with E-state index in [1.54, 1.807) is 26.6 Å². The highest BCUT2D eigenvalue weighted by molar-refractivity contribution is 7.59. The number of ether oxygens (including phenoxy) is 1. The van der Waals surface area contributed by atoms with E-state index in [4.69, 9.17) is 9.72 Å². The number of rotatable bonds is 9. The molecule has 9 heteroatoms. The van der Waals surface area contributed by atoms with Gasteiger partial charge in [-0.25, -0.2) is 15.0 Å². The summed E-state index contributed by atoms with van der Waals surface area (Å²) in [5, 5.41) is 7.18. The number of fused-ring (bicyclic) bond motifs is 1. The second-order valence-electron chi connectivity index (χ2n) is 9.15. The first kappa shape index (κ1) is 25.5. The van der Waals surface area contributed by atoms with Crippen LogP contribution in [0.15, 0.2) is 55.1 Å². The van der Waals surface area contributed by atoms with Gasteiger partial charge in [-0.15, -0.1) is 0 Å². The summed E-state index contributed by atoms with van der Waals surface area (Å²) in [5.74, 6) is 2.23. The van der Waals surface area contributed by atoms with E-state index in [1.165, 1.54) is 12.8 Å². The maximum absolute atomic E-state index is 11.9. The van der Waals surface area contributed by atoms with E-state index in [2.05, 4.69) is 50.4 Å². The summed E-state index contributed by atoms with van der Waals surface area (Å²) in [6.07, 6.45) is 8.23. The molecule has 0 aliphatic heterocycles. The summed E-state index contributed by atoms with van der Waals surface area (Å²) in [6, 6.07) is 11.7. The zero-order valence-electron chi connectivity index (χ0n) is 20.8. The van der Waals surface area contributed by atoms with E-state index in [-0.39, 0.29) is 25.3 Å². The fraction of sp³-hybridized carbons (Fsp3) is 0.333. The van der Waals surface area contributed by atoms with E-state index in [0.29, 0.717) is 17.9 Å². The number of methoxy groups -OCH3 is 1. The van der Waals surface area contributed by atoms with Crippen LogP contribution in [0.5, 0.6) is 5.75 Å². The van der Waals surface area contributed by atoms with Crippen LogP contribution >= 0.6 is 13.5 Å². The Morgan fingerprint density at radius 3 is 2.75 bits per heavy atom. The molecule has 0 unspecified atom stereocenters. The number of carbonyl (C=O) groups is 1. The Morgan fingerprint density at radius 2 is 2.00 bits per heavy atom. The lowest BCUT2D eigenvalue weighted by molar-refractivity contribution is 0.0962. The van der Waals surface area contributed by atoms with Crippen LogP contribution in [0.1, 0.15) is 41.6 Å². The molecular weight excluding hydrogens is 472 g/mol. The predicted octanol–water partition coefficient (Wildman–Crippen LogP) is 4.60. The highest BCUT2D eigenvalue weighted by atomic mass is 32.1. The third kappa shape index (κ3) is 5.46. The molecular formula is C27H32N6O2S. The zero-order chi connectivity index (χ0) is 24.4. The van der Waals surface area contributed by atoms with Crippen LogP contribution in [0.2, 0.25) is 0 Å². The highest BCUT2D eigenvalue weighted by Crippen LogP contribution is 2.32. The third-order valence-electron chi connectivity index (χ3n) is 6.56. The van der Waals surface area contributed by atoms with Crippen molar-refractivity contribution in [1.29, 1.82) is 0 Å². The maximum atomic E-state index is 11.9. The Kier molecular flexibility index (Phi) is 7.79. The number of nitrogens with one attached hydrogen (secondary N) is 2. The monoisotopic (exact) mass is 504 g/mol. The van der Waals surface area contributed by atoms with Gasteiger partial charge in [0.2, 0.25) is 0 Å². The Morgan fingerprint density at radius 1 is 1.17 bits per heavy atom. The molecule has 1 saturated carbocycles. The first-order valence-electron chi connectivity index (χ1n) is 12.0. The Labute approximate surface area is 218 Å². The molecule has 1 amide bonds. The molecule has 1 aromatic carbocycles. The molecule has 5 rings (SSSR count). The minimum Gasteiger partial charge on any atom is -0.496 e. The van der Waals surface area contributed by atoms with Gasteiger partial charge in [0, 0.05) is 61.0 Å². The molecule has 1 aliphatic rings. The van der Waals surface area contributed by atoms with Crippen molar-refractivity contribution in [2.75, 3.05) is 26.0 Å². The van der Waals surface area contributed by atoms with Gasteiger partial charge in [0.05, 0.1) is 12.8 Å². The molecule has 4 aromatic rings. The number of pyridine rings is 1. The van der Waals surface area contributed by atoms with Gasteiger partial charge >= 0.3 is 0 Å². The molecule has 1 aliphatic carbocycles. The maximum Gasteiger partial charge on any atom is 0.251 e. The summed E-state index contributed by atoms with van der Waals surface area (Å²) in [4.78, 5) is 25.5. The summed E-state index contributed by atoms with van der Waals surface area (Å²) in [6.45, 7) is 3.80. The van der Waals surface area contributed by atoms with Crippen molar-refractivity contribution in [3.8, 4) is 17.0 Å². The molecule has 8 nitrogen and oxygen atoms in total. The standard InChI is InChI=1S/C27H30N6O2.H2S/c1-17(22-7-6-20(27(34)28-2)11-24(22)35-3)13-29-25-12-23(31-16-32-25)21-10-19-8-9-33(15-18-4-5-18)26(19)30-14-21;/h6-12,14,16-18H,4-5,13,15H2,1-3H3,(H,28,34)(H,29,31,32);1H2/t17-;/m1./s1. The molecule has 0 radical (unpaired) electrons. The average molecular weight is 505 g/mol. The Hall–Kier alpha value is -3.59. The van der Waals surface area contributed by atoms with Crippen LogP contribution in [-0.4, -0.2) is 46.1 Å².